The summed E-state index contributed by atoms with van der Waals surface area (Å²) in [5.41, 5.74) is 3.32. The molecule has 0 spiro atoms. The van der Waals surface area contributed by atoms with Crippen molar-refractivity contribution in [2.45, 2.75) is 20.0 Å². The van der Waals surface area contributed by atoms with Crippen molar-refractivity contribution in [3.8, 4) is 0 Å². The number of anilines is 1. The van der Waals surface area contributed by atoms with Gasteiger partial charge in [0.15, 0.2) is 0 Å². The SMILES string of the molecule is CC(=O)N1CN(CCc2ccccc2)Cn2c1nc1ccccc12. The highest BCUT2D eigenvalue weighted by molar-refractivity contribution is 5.92. The maximum atomic E-state index is 12.1. The first-order valence-electron chi connectivity index (χ1n) is 8.22. The fourth-order valence-electron chi connectivity index (χ4n) is 3.23. The summed E-state index contributed by atoms with van der Waals surface area (Å²) in [5.74, 6) is 0.774. The molecule has 2 aromatic carbocycles. The van der Waals surface area contributed by atoms with Crippen LogP contribution in [-0.2, 0) is 17.9 Å². The maximum absolute atomic E-state index is 12.1. The van der Waals surface area contributed by atoms with Crippen molar-refractivity contribution in [3.63, 3.8) is 0 Å². The van der Waals surface area contributed by atoms with E-state index in [9.17, 15) is 4.79 Å². The molecule has 2 heterocycles. The standard InChI is InChI=1S/C19H20N4O/c1-15(24)22-13-21(12-11-16-7-3-2-4-8-16)14-23-18-10-6-5-9-17(18)20-19(22)23/h2-10H,11-14H2,1H3. The van der Waals surface area contributed by atoms with Gasteiger partial charge in [0, 0.05) is 13.5 Å². The predicted molar refractivity (Wildman–Crippen MR) is 94.6 cm³/mol. The van der Waals surface area contributed by atoms with E-state index in [1.807, 2.05) is 24.3 Å². The molecule has 1 aliphatic heterocycles. The monoisotopic (exact) mass is 320 g/mol. The molecule has 0 radical (unpaired) electrons. The van der Waals surface area contributed by atoms with Crippen molar-refractivity contribution < 1.29 is 4.79 Å². The lowest BCUT2D eigenvalue weighted by Gasteiger charge is -2.35. The molecule has 0 saturated heterocycles. The Labute approximate surface area is 141 Å². The summed E-state index contributed by atoms with van der Waals surface area (Å²) in [5, 5.41) is 0. The molecule has 0 unspecified atom stereocenters. The van der Waals surface area contributed by atoms with Gasteiger partial charge in [-0.15, -0.1) is 0 Å². The summed E-state index contributed by atoms with van der Waals surface area (Å²) in [6, 6.07) is 18.5. The Hall–Kier alpha value is -2.66. The van der Waals surface area contributed by atoms with Gasteiger partial charge < -0.3 is 0 Å². The fraction of sp³-hybridized carbons (Fsp3) is 0.263. The second-order valence-corrected chi connectivity index (χ2v) is 6.19. The number of amides is 1. The summed E-state index contributed by atoms with van der Waals surface area (Å²) < 4.78 is 2.13. The van der Waals surface area contributed by atoms with Crippen molar-refractivity contribution in [2.75, 3.05) is 18.1 Å². The van der Waals surface area contributed by atoms with E-state index in [0.717, 1.165) is 36.6 Å². The van der Waals surface area contributed by atoms with E-state index in [0.29, 0.717) is 6.67 Å². The van der Waals surface area contributed by atoms with Crippen molar-refractivity contribution in [1.82, 2.24) is 14.5 Å². The van der Waals surface area contributed by atoms with Gasteiger partial charge in [-0.05, 0) is 24.1 Å². The van der Waals surface area contributed by atoms with Gasteiger partial charge in [-0.3, -0.25) is 19.2 Å². The number of nitrogens with zero attached hydrogens (tertiary/aromatic N) is 4. The van der Waals surface area contributed by atoms with E-state index >= 15 is 0 Å². The van der Waals surface area contributed by atoms with E-state index in [1.54, 1.807) is 11.8 Å². The Bertz CT molecular complexity index is 871. The largest absolute Gasteiger partial charge is 0.296 e. The van der Waals surface area contributed by atoms with Gasteiger partial charge in [0.2, 0.25) is 11.9 Å². The van der Waals surface area contributed by atoms with Gasteiger partial charge in [-0.25, -0.2) is 4.98 Å². The number of rotatable bonds is 3. The van der Waals surface area contributed by atoms with Crippen LogP contribution in [0.1, 0.15) is 12.5 Å². The van der Waals surface area contributed by atoms with E-state index in [4.69, 9.17) is 0 Å². The highest BCUT2D eigenvalue weighted by Crippen LogP contribution is 2.27. The number of para-hydroxylation sites is 2. The second-order valence-electron chi connectivity index (χ2n) is 6.19. The van der Waals surface area contributed by atoms with Gasteiger partial charge in [-0.2, -0.15) is 0 Å². The quantitative estimate of drug-likeness (QED) is 0.745. The molecule has 5 nitrogen and oxygen atoms in total. The highest BCUT2D eigenvalue weighted by Gasteiger charge is 2.27. The Morgan fingerprint density at radius 3 is 2.58 bits per heavy atom. The lowest BCUT2D eigenvalue weighted by Crippen LogP contribution is -2.47. The first kappa shape index (κ1) is 14.9. The Kier molecular flexibility index (Phi) is 3.78. The molecule has 5 heteroatoms. The Balaban J connectivity index is 1.62. The third-order valence-electron chi connectivity index (χ3n) is 4.50. The zero-order valence-electron chi connectivity index (χ0n) is 13.7. The number of carbonyl (C=O) groups excluding carboxylic acids is 1. The topological polar surface area (TPSA) is 41.4 Å². The highest BCUT2D eigenvalue weighted by atomic mass is 16.2. The van der Waals surface area contributed by atoms with E-state index in [1.165, 1.54) is 5.56 Å². The number of hydrogen-bond donors (Lipinski definition) is 0. The number of aromatic nitrogens is 2. The number of fused-ring (bicyclic) bond motifs is 3. The van der Waals surface area contributed by atoms with Gasteiger partial charge in [-0.1, -0.05) is 42.5 Å². The average Bonchev–Trinajstić information content (AvgIpc) is 2.98. The van der Waals surface area contributed by atoms with E-state index < -0.39 is 0 Å². The van der Waals surface area contributed by atoms with Crippen LogP contribution in [-0.4, -0.2) is 33.6 Å². The second kappa shape index (κ2) is 6.09. The third-order valence-corrected chi connectivity index (χ3v) is 4.50. The molecule has 4 rings (SSSR count). The van der Waals surface area contributed by atoms with Crippen molar-refractivity contribution in [3.05, 3.63) is 60.2 Å². The number of benzene rings is 2. The minimum Gasteiger partial charge on any atom is -0.296 e. The number of imidazole rings is 1. The molecule has 0 fully saturated rings. The molecule has 0 aliphatic carbocycles. The zero-order chi connectivity index (χ0) is 16.5. The summed E-state index contributed by atoms with van der Waals surface area (Å²) in [4.78, 5) is 20.8. The van der Waals surface area contributed by atoms with Gasteiger partial charge in [0.05, 0.1) is 24.4 Å². The lowest BCUT2D eigenvalue weighted by molar-refractivity contribution is -0.117. The van der Waals surface area contributed by atoms with Crippen molar-refractivity contribution in [1.29, 1.82) is 0 Å². The van der Waals surface area contributed by atoms with Crippen LogP contribution in [0.5, 0.6) is 0 Å². The molecule has 0 N–H and O–H groups in total. The van der Waals surface area contributed by atoms with Crippen LogP contribution in [0.25, 0.3) is 11.0 Å². The molecule has 1 aliphatic rings. The molecule has 0 atom stereocenters. The van der Waals surface area contributed by atoms with Crippen LogP contribution in [0.2, 0.25) is 0 Å². The van der Waals surface area contributed by atoms with Crippen LogP contribution in [0, 0.1) is 0 Å². The molecule has 0 saturated carbocycles. The van der Waals surface area contributed by atoms with Crippen LogP contribution >= 0.6 is 0 Å². The summed E-state index contributed by atoms with van der Waals surface area (Å²) in [6.45, 7) is 3.85. The Morgan fingerprint density at radius 1 is 1.04 bits per heavy atom. The summed E-state index contributed by atoms with van der Waals surface area (Å²) in [7, 11) is 0. The van der Waals surface area contributed by atoms with Gasteiger partial charge in [0.1, 0.15) is 0 Å². The summed E-state index contributed by atoms with van der Waals surface area (Å²) in [6.07, 6.45) is 0.967. The number of carbonyl (C=O) groups is 1. The molecular weight excluding hydrogens is 300 g/mol. The number of hydrogen-bond acceptors (Lipinski definition) is 3. The molecule has 0 bridgehead atoms. The predicted octanol–water partition coefficient (Wildman–Crippen LogP) is 2.86. The summed E-state index contributed by atoms with van der Waals surface area (Å²) >= 11 is 0. The van der Waals surface area contributed by atoms with Crippen LogP contribution in [0.3, 0.4) is 0 Å². The van der Waals surface area contributed by atoms with E-state index in [2.05, 4.69) is 44.8 Å². The maximum Gasteiger partial charge on any atom is 0.227 e. The minimum atomic E-state index is 0.0240. The first-order chi connectivity index (χ1) is 11.7. The molecule has 1 amide bonds. The molecule has 1 aromatic heterocycles. The van der Waals surface area contributed by atoms with Crippen molar-refractivity contribution >= 4 is 22.9 Å². The fourth-order valence-corrected chi connectivity index (χ4v) is 3.23. The normalized spacial score (nSPS) is 14.8. The van der Waals surface area contributed by atoms with E-state index in [-0.39, 0.29) is 5.91 Å². The lowest BCUT2D eigenvalue weighted by atomic mass is 10.1. The molecule has 24 heavy (non-hydrogen) atoms. The van der Waals surface area contributed by atoms with Crippen LogP contribution in [0.4, 0.5) is 5.95 Å². The smallest absolute Gasteiger partial charge is 0.227 e. The molecule has 122 valence electrons. The third kappa shape index (κ3) is 2.67. The Morgan fingerprint density at radius 2 is 1.79 bits per heavy atom. The molecule has 3 aromatic rings. The average molecular weight is 320 g/mol. The van der Waals surface area contributed by atoms with Crippen LogP contribution in [0.15, 0.2) is 54.6 Å². The first-order valence-corrected chi connectivity index (χ1v) is 8.22. The zero-order valence-corrected chi connectivity index (χ0v) is 13.7. The minimum absolute atomic E-state index is 0.0240. The van der Waals surface area contributed by atoms with Gasteiger partial charge in [0.25, 0.3) is 0 Å². The van der Waals surface area contributed by atoms with Crippen LogP contribution < -0.4 is 4.90 Å². The van der Waals surface area contributed by atoms with Crippen molar-refractivity contribution in [2.24, 2.45) is 0 Å². The van der Waals surface area contributed by atoms with Gasteiger partial charge >= 0.3 is 0 Å². The molecular formula is C19H20N4O.